The summed E-state index contributed by atoms with van der Waals surface area (Å²) in [5.74, 6) is -2.05. The Bertz CT molecular complexity index is 1100. The van der Waals surface area contributed by atoms with Crippen molar-refractivity contribution in [2.45, 2.75) is 25.8 Å². The first-order chi connectivity index (χ1) is 15.3. The first-order valence-corrected chi connectivity index (χ1v) is 10.6. The van der Waals surface area contributed by atoms with Crippen molar-refractivity contribution in [1.82, 2.24) is 4.90 Å². The number of rotatable bonds is 7. The van der Waals surface area contributed by atoms with Crippen LogP contribution >= 0.6 is 11.6 Å². The lowest BCUT2D eigenvalue weighted by Crippen LogP contribution is -2.56. The molecule has 8 heteroatoms. The lowest BCUT2D eigenvalue weighted by atomic mass is 9.76. The fraction of sp³-hybridized carbons (Fsp3) is 0.292. The van der Waals surface area contributed by atoms with Crippen molar-refractivity contribution in [3.05, 3.63) is 64.2 Å². The number of hydrogen-bond donors (Lipinski definition) is 3. The van der Waals surface area contributed by atoms with Crippen LogP contribution < -0.4 is 5.32 Å². The molecule has 0 saturated carbocycles. The molecule has 0 radical (unpaired) electrons. The average molecular weight is 450 g/mol. The van der Waals surface area contributed by atoms with E-state index < -0.39 is 23.8 Å². The monoisotopic (exact) mass is 449 g/mol. The van der Waals surface area contributed by atoms with Crippen LogP contribution in [-0.2, 0) is 4.79 Å². The Balaban J connectivity index is 2.13. The lowest BCUT2D eigenvalue weighted by Gasteiger charge is -2.44. The smallest absolute Gasteiger partial charge is 0.254 e. The Morgan fingerprint density at radius 3 is 2.56 bits per heavy atom. The Morgan fingerprint density at radius 1 is 1.25 bits per heavy atom. The topological polar surface area (TPSA) is 121 Å². The number of nitriles is 1. The van der Waals surface area contributed by atoms with Crippen LogP contribution in [0.5, 0.6) is 0 Å². The highest BCUT2D eigenvalue weighted by molar-refractivity contribution is 6.31. The molecule has 0 saturated heterocycles. The number of hydrogen-bond acceptors (Lipinski definition) is 5. The molecule has 2 amide bonds. The maximum absolute atomic E-state index is 13.6. The van der Waals surface area contributed by atoms with Gasteiger partial charge in [0.05, 0.1) is 23.6 Å². The van der Waals surface area contributed by atoms with Crippen molar-refractivity contribution < 1.29 is 9.59 Å². The van der Waals surface area contributed by atoms with Crippen LogP contribution in [0.25, 0.3) is 0 Å². The van der Waals surface area contributed by atoms with E-state index >= 15 is 0 Å². The van der Waals surface area contributed by atoms with E-state index in [4.69, 9.17) is 22.4 Å². The maximum atomic E-state index is 13.6. The van der Waals surface area contributed by atoms with E-state index in [1.165, 1.54) is 12.1 Å². The van der Waals surface area contributed by atoms with Gasteiger partial charge in [-0.2, -0.15) is 5.26 Å². The summed E-state index contributed by atoms with van der Waals surface area (Å²) in [6, 6.07) is 12.8. The summed E-state index contributed by atoms with van der Waals surface area (Å²) in [7, 11) is 0. The Morgan fingerprint density at radius 2 is 1.94 bits per heavy atom. The normalized spacial score (nSPS) is 18.5. The van der Waals surface area contributed by atoms with E-state index in [0.29, 0.717) is 33.9 Å². The zero-order valence-corrected chi connectivity index (χ0v) is 18.6. The Kier molecular flexibility index (Phi) is 7.06. The number of benzene rings is 2. The summed E-state index contributed by atoms with van der Waals surface area (Å²) in [5, 5.41) is 28.1. The minimum atomic E-state index is -0.819. The third kappa shape index (κ3) is 4.56. The molecule has 0 aliphatic carbocycles. The number of nitrogens with zero attached hydrogens (tertiary/aromatic N) is 2. The molecule has 0 aromatic heterocycles. The van der Waals surface area contributed by atoms with Gasteiger partial charge in [-0.25, -0.2) is 0 Å². The van der Waals surface area contributed by atoms with E-state index in [2.05, 4.69) is 5.32 Å². The van der Waals surface area contributed by atoms with Crippen LogP contribution in [0.1, 0.15) is 41.3 Å². The van der Waals surface area contributed by atoms with Crippen LogP contribution in [0, 0.1) is 34.0 Å². The van der Waals surface area contributed by atoms with E-state index in [-0.39, 0.29) is 11.8 Å². The summed E-state index contributed by atoms with van der Waals surface area (Å²) in [4.78, 5) is 28.6. The van der Waals surface area contributed by atoms with Gasteiger partial charge in [-0.3, -0.25) is 9.59 Å². The molecular weight excluding hydrogens is 426 g/mol. The number of nitrogens with one attached hydrogen (secondary N) is 3. The second-order valence-electron chi connectivity index (χ2n) is 8.15. The van der Waals surface area contributed by atoms with Crippen molar-refractivity contribution in [2.75, 3.05) is 11.9 Å². The van der Waals surface area contributed by atoms with Crippen molar-refractivity contribution in [3.63, 3.8) is 0 Å². The van der Waals surface area contributed by atoms with Crippen LogP contribution in [0.15, 0.2) is 42.5 Å². The van der Waals surface area contributed by atoms with Gasteiger partial charge in [0.15, 0.2) is 0 Å². The maximum Gasteiger partial charge on any atom is 0.254 e. The second kappa shape index (κ2) is 9.75. The number of carbonyl (C=O) groups is 2. The van der Waals surface area contributed by atoms with Gasteiger partial charge in [-0.05, 0) is 35.7 Å². The minimum Gasteiger partial charge on any atom is -0.333 e. The molecule has 2 aromatic carbocycles. The van der Waals surface area contributed by atoms with Gasteiger partial charge in [-0.15, -0.1) is 0 Å². The molecule has 1 aliphatic heterocycles. The van der Waals surface area contributed by atoms with Gasteiger partial charge in [-0.1, -0.05) is 43.6 Å². The molecule has 0 spiro atoms. The first-order valence-electron chi connectivity index (χ1n) is 10.2. The quantitative estimate of drug-likeness (QED) is 0.545. The highest BCUT2D eigenvalue weighted by atomic mass is 35.5. The van der Waals surface area contributed by atoms with Crippen LogP contribution in [-0.4, -0.2) is 41.7 Å². The SMILES string of the molecule is CC(C)CN1C(=O)c2ccccc2[C@@H](C(=O)Nc2cc(Cl)cc(C#N)c2)[C@@H]1C(C=N)C=N. The van der Waals surface area contributed by atoms with Gasteiger partial charge in [0.1, 0.15) is 0 Å². The Labute approximate surface area is 192 Å². The molecule has 3 rings (SSSR count). The largest absolute Gasteiger partial charge is 0.333 e. The number of anilines is 1. The molecule has 7 nitrogen and oxygen atoms in total. The van der Waals surface area contributed by atoms with Crippen molar-refractivity contribution >= 4 is 41.5 Å². The molecule has 2 atom stereocenters. The molecule has 1 heterocycles. The van der Waals surface area contributed by atoms with Gasteiger partial charge < -0.3 is 21.0 Å². The number of amides is 2. The minimum absolute atomic E-state index is 0.124. The molecule has 0 unspecified atom stereocenters. The standard InChI is InChI=1S/C24H24ClN5O2/c1-14(2)13-30-22(16(11-27)12-28)21(19-5-3-4-6-20(19)24(30)32)23(31)29-18-8-15(10-26)7-17(25)9-18/h3-9,11-12,14,16,21-22,27-28H,13H2,1-2H3,(H,29,31)/t16?,21-,22+/m1/s1. The van der Waals surface area contributed by atoms with E-state index in [1.54, 1.807) is 35.2 Å². The van der Waals surface area contributed by atoms with Crippen LogP contribution in [0.3, 0.4) is 0 Å². The van der Waals surface area contributed by atoms with Gasteiger partial charge in [0.25, 0.3) is 5.91 Å². The predicted octanol–water partition coefficient (Wildman–Crippen LogP) is 4.33. The van der Waals surface area contributed by atoms with Crippen LogP contribution in [0.4, 0.5) is 5.69 Å². The third-order valence-electron chi connectivity index (χ3n) is 5.41. The fourth-order valence-electron chi connectivity index (χ4n) is 4.13. The highest BCUT2D eigenvalue weighted by Crippen LogP contribution is 2.37. The van der Waals surface area contributed by atoms with Gasteiger partial charge >= 0.3 is 0 Å². The molecule has 1 aliphatic rings. The number of halogens is 1. The molecule has 2 aromatic rings. The molecule has 0 fully saturated rings. The van der Waals surface area contributed by atoms with E-state index in [0.717, 1.165) is 12.4 Å². The number of carbonyl (C=O) groups excluding carboxylic acids is 2. The average Bonchev–Trinajstić information content (AvgIpc) is 2.76. The summed E-state index contributed by atoms with van der Waals surface area (Å²) in [5.41, 5.74) is 1.66. The molecule has 3 N–H and O–H groups in total. The van der Waals surface area contributed by atoms with Gasteiger partial charge in [0, 0.05) is 41.2 Å². The van der Waals surface area contributed by atoms with E-state index in [1.807, 2.05) is 19.9 Å². The first kappa shape index (κ1) is 23.2. The molecule has 164 valence electrons. The predicted molar refractivity (Wildman–Crippen MR) is 125 cm³/mol. The fourth-order valence-corrected chi connectivity index (χ4v) is 4.37. The highest BCUT2D eigenvalue weighted by Gasteiger charge is 2.46. The molecule has 0 bridgehead atoms. The number of fused-ring (bicyclic) bond motifs is 1. The lowest BCUT2D eigenvalue weighted by molar-refractivity contribution is -0.119. The van der Waals surface area contributed by atoms with Crippen molar-refractivity contribution in [3.8, 4) is 6.07 Å². The summed E-state index contributed by atoms with van der Waals surface area (Å²) in [6.45, 7) is 4.33. The Hall–Kier alpha value is -3.50. The van der Waals surface area contributed by atoms with Crippen molar-refractivity contribution in [2.24, 2.45) is 11.8 Å². The summed E-state index contributed by atoms with van der Waals surface area (Å²) in [6.07, 6.45) is 2.19. The molecule has 32 heavy (non-hydrogen) atoms. The zero-order chi connectivity index (χ0) is 23.4. The van der Waals surface area contributed by atoms with Gasteiger partial charge in [0.2, 0.25) is 5.91 Å². The van der Waals surface area contributed by atoms with E-state index in [9.17, 15) is 14.9 Å². The third-order valence-corrected chi connectivity index (χ3v) is 5.62. The van der Waals surface area contributed by atoms with Crippen LogP contribution in [0.2, 0.25) is 5.02 Å². The zero-order valence-electron chi connectivity index (χ0n) is 17.8. The molecular formula is C24H24ClN5O2. The summed E-state index contributed by atoms with van der Waals surface area (Å²) < 4.78 is 0. The van der Waals surface area contributed by atoms with Crippen molar-refractivity contribution in [1.29, 1.82) is 16.1 Å². The summed E-state index contributed by atoms with van der Waals surface area (Å²) >= 11 is 6.09. The second-order valence-corrected chi connectivity index (χ2v) is 8.58.